The van der Waals surface area contributed by atoms with Crippen molar-refractivity contribution >= 4 is 15.6 Å². The highest BCUT2D eigenvalue weighted by Crippen LogP contribution is 2.37. The number of sulfone groups is 1. The van der Waals surface area contributed by atoms with Crippen molar-refractivity contribution in [3.63, 3.8) is 0 Å². The molecule has 4 nitrogen and oxygen atoms in total. The molecule has 0 unspecified atom stereocenters. The lowest BCUT2D eigenvalue weighted by Gasteiger charge is -2.39. The molecule has 0 aromatic rings. The molecule has 0 radical (unpaired) electrons. The van der Waals surface area contributed by atoms with Crippen molar-refractivity contribution in [3.05, 3.63) is 0 Å². The molecule has 0 bridgehead atoms. The molecule has 0 aliphatic heterocycles. The lowest BCUT2D eigenvalue weighted by atomic mass is 9.87. The second-order valence-electron chi connectivity index (χ2n) is 5.67. The van der Waals surface area contributed by atoms with Gasteiger partial charge in [0.1, 0.15) is 9.84 Å². The minimum absolute atomic E-state index is 0.142. The van der Waals surface area contributed by atoms with Gasteiger partial charge in [0.2, 0.25) is 0 Å². The molecular formula is C15H29NO3S. The zero-order chi connectivity index (χ0) is 15.2. The van der Waals surface area contributed by atoms with Crippen molar-refractivity contribution in [2.45, 2.75) is 64.8 Å². The number of carbonyl (C=O) groups is 1. The van der Waals surface area contributed by atoms with Gasteiger partial charge < -0.3 is 0 Å². The van der Waals surface area contributed by atoms with E-state index in [0.717, 1.165) is 38.8 Å². The molecule has 20 heavy (non-hydrogen) atoms. The maximum atomic E-state index is 12.7. The van der Waals surface area contributed by atoms with Gasteiger partial charge in [0, 0.05) is 12.2 Å². The molecule has 0 aromatic carbocycles. The lowest BCUT2D eigenvalue weighted by molar-refractivity contribution is -0.131. The molecule has 1 aliphatic carbocycles. The summed E-state index contributed by atoms with van der Waals surface area (Å²) in [7, 11) is -2.96. The summed E-state index contributed by atoms with van der Waals surface area (Å²) < 4.78 is 23.0. The third-order valence-corrected chi connectivity index (χ3v) is 6.41. The fourth-order valence-corrected chi connectivity index (χ4v) is 4.26. The first-order chi connectivity index (χ1) is 9.41. The van der Waals surface area contributed by atoms with Crippen LogP contribution in [0.2, 0.25) is 0 Å². The Hall–Kier alpha value is -0.420. The summed E-state index contributed by atoms with van der Waals surface area (Å²) in [6.07, 6.45) is 4.96. The number of hydrogen-bond acceptors (Lipinski definition) is 4. The van der Waals surface area contributed by atoms with E-state index in [4.69, 9.17) is 0 Å². The first kappa shape index (κ1) is 17.6. The monoisotopic (exact) mass is 303 g/mol. The minimum atomic E-state index is -2.96. The summed E-state index contributed by atoms with van der Waals surface area (Å²) >= 11 is 0. The van der Waals surface area contributed by atoms with Gasteiger partial charge in [0.05, 0.1) is 11.3 Å². The quantitative estimate of drug-likeness (QED) is 0.656. The zero-order valence-electron chi connectivity index (χ0n) is 13.2. The normalized spacial score (nSPS) is 18.6. The van der Waals surface area contributed by atoms with E-state index in [-0.39, 0.29) is 22.8 Å². The number of carbonyl (C=O) groups excluding carboxylic acids is 1. The minimum Gasteiger partial charge on any atom is -0.298 e. The largest absolute Gasteiger partial charge is 0.298 e. The molecular weight excluding hydrogens is 274 g/mol. The average Bonchev–Trinajstić information content (AvgIpc) is 2.90. The highest BCUT2D eigenvalue weighted by atomic mass is 32.2. The van der Waals surface area contributed by atoms with Crippen LogP contribution in [0.5, 0.6) is 0 Å². The predicted octanol–water partition coefficient (Wildman–Crippen LogP) is 2.42. The Bertz CT molecular complexity index is 407. The first-order valence-electron chi connectivity index (χ1n) is 7.90. The Kier molecular flexibility index (Phi) is 6.65. The zero-order valence-corrected chi connectivity index (χ0v) is 14.0. The molecule has 0 saturated heterocycles. The van der Waals surface area contributed by atoms with Crippen LogP contribution in [0.1, 0.15) is 59.3 Å². The van der Waals surface area contributed by atoms with Gasteiger partial charge in [-0.25, -0.2) is 8.42 Å². The topological polar surface area (TPSA) is 54.5 Å². The van der Waals surface area contributed by atoms with Crippen LogP contribution in [0.4, 0.5) is 0 Å². The van der Waals surface area contributed by atoms with Gasteiger partial charge in [-0.05, 0) is 32.4 Å². The molecule has 0 spiro atoms. The van der Waals surface area contributed by atoms with Gasteiger partial charge in [-0.3, -0.25) is 9.69 Å². The number of likely N-dealkylation sites (N-methyl/N-ethyl adjacent to an activating group) is 1. The van der Waals surface area contributed by atoms with E-state index >= 15 is 0 Å². The van der Waals surface area contributed by atoms with Crippen molar-refractivity contribution in [3.8, 4) is 0 Å². The van der Waals surface area contributed by atoms with E-state index in [1.807, 2.05) is 0 Å². The summed E-state index contributed by atoms with van der Waals surface area (Å²) in [4.78, 5) is 14.9. The van der Waals surface area contributed by atoms with Gasteiger partial charge in [0.25, 0.3) is 0 Å². The lowest BCUT2D eigenvalue weighted by Crippen LogP contribution is -2.52. The Balaban J connectivity index is 2.66. The molecule has 0 amide bonds. The SMILES string of the molecule is CCN(CC)C1(C(=O)CCCS(=O)(=O)CC)CCCC1. The van der Waals surface area contributed by atoms with Crippen molar-refractivity contribution in [1.82, 2.24) is 4.90 Å². The Morgan fingerprint density at radius 2 is 1.65 bits per heavy atom. The second kappa shape index (κ2) is 7.55. The highest BCUT2D eigenvalue weighted by Gasteiger charge is 2.43. The van der Waals surface area contributed by atoms with E-state index in [2.05, 4.69) is 18.7 Å². The smallest absolute Gasteiger partial charge is 0.153 e. The molecule has 1 fully saturated rings. The first-order valence-corrected chi connectivity index (χ1v) is 9.72. The number of hydrogen-bond donors (Lipinski definition) is 0. The Morgan fingerprint density at radius 3 is 2.10 bits per heavy atom. The summed E-state index contributed by atoms with van der Waals surface area (Å²) in [5.74, 6) is 0.566. The van der Waals surface area contributed by atoms with Crippen LogP contribution < -0.4 is 0 Å². The summed E-state index contributed by atoms with van der Waals surface area (Å²) in [5, 5.41) is 0. The molecule has 1 rings (SSSR count). The molecule has 0 N–H and O–H groups in total. The van der Waals surface area contributed by atoms with Crippen LogP contribution in [0, 0.1) is 0 Å². The third kappa shape index (κ3) is 4.04. The predicted molar refractivity (Wildman–Crippen MR) is 82.7 cm³/mol. The molecule has 1 aliphatic rings. The summed E-state index contributed by atoms with van der Waals surface area (Å²) in [5.41, 5.74) is -0.306. The molecule has 118 valence electrons. The van der Waals surface area contributed by atoms with Crippen LogP contribution >= 0.6 is 0 Å². The van der Waals surface area contributed by atoms with Crippen LogP contribution in [-0.4, -0.2) is 49.2 Å². The maximum Gasteiger partial charge on any atom is 0.153 e. The van der Waals surface area contributed by atoms with E-state index in [0.29, 0.717) is 12.8 Å². The van der Waals surface area contributed by atoms with E-state index in [1.54, 1.807) is 6.92 Å². The van der Waals surface area contributed by atoms with E-state index < -0.39 is 9.84 Å². The van der Waals surface area contributed by atoms with Crippen molar-refractivity contribution in [2.75, 3.05) is 24.6 Å². The Labute approximate surface area is 123 Å². The molecule has 5 heteroatoms. The van der Waals surface area contributed by atoms with Crippen molar-refractivity contribution in [2.24, 2.45) is 0 Å². The van der Waals surface area contributed by atoms with Crippen LogP contribution in [0.25, 0.3) is 0 Å². The Morgan fingerprint density at radius 1 is 1.10 bits per heavy atom. The standard InChI is InChI=1S/C15H29NO3S/c1-4-16(5-2)15(11-7-8-12-15)14(17)10-9-13-20(18,19)6-3/h4-13H2,1-3H3. The fourth-order valence-electron chi connectivity index (χ4n) is 3.39. The van der Waals surface area contributed by atoms with Gasteiger partial charge in [-0.1, -0.05) is 33.6 Å². The molecule has 0 heterocycles. The molecule has 0 aromatic heterocycles. The molecule has 0 atom stereocenters. The number of ketones is 1. The van der Waals surface area contributed by atoms with Gasteiger partial charge in [-0.15, -0.1) is 0 Å². The fraction of sp³-hybridized carbons (Fsp3) is 0.933. The number of Topliss-reactive ketones (excluding diaryl/α,β-unsaturated/α-hetero) is 1. The van der Waals surface area contributed by atoms with E-state index in [1.165, 1.54) is 0 Å². The third-order valence-electron chi connectivity index (χ3n) is 4.62. The number of nitrogens with zero attached hydrogens (tertiary/aromatic N) is 1. The highest BCUT2D eigenvalue weighted by molar-refractivity contribution is 7.91. The van der Waals surface area contributed by atoms with Gasteiger partial charge >= 0.3 is 0 Å². The van der Waals surface area contributed by atoms with Crippen LogP contribution in [-0.2, 0) is 14.6 Å². The van der Waals surface area contributed by atoms with Crippen molar-refractivity contribution in [1.29, 1.82) is 0 Å². The van der Waals surface area contributed by atoms with Gasteiger partial charge in [-0.2, -0.15) is 0 Å². The maximum absolute atomic E-state index is 12.7. The van der Waals surface area contributed by atoms with Crippen LogP contribution in [0.3, 0.4) is 0 Å². The van der Waals surface area contributed by atoms with Crippen molar-refractivity contribution < 1.29 is 13.2 Å². The van der Waals surface area contributed by atoms with Crippen LogP contribution in [0.15, 0.2) is 0 Å². The second-order valence-corrected chi connectivity index (χ2v) is 8.15. The van der Waals surface area contributed by atoms with Gasteiger partial charge in [0.15, 0.2) is 5.78 Å². The summed E-state index contributed by atoms with van der Waals surface area (Å²) in [6, 6.07) is 0. The number of rotatable bonds is 9. The summed E-state index contributed by atoms with van der Waals surface area (Å²) in [6.45, 7) is 7.62. The average molecular weight is 303 g/mol. The van der Waals surface area contributed by atoms with E-state index in [9.17, 15) is 13.2 Å². The molecule has 1 saturated carbocycles.